The smallest absolute Gasteiger partial charge is 0.339 e. The van der Waals surface area contributed by atoms with Gasteiger partial charge in [0.25, 0.3) is 0 Å². The van der Waals surface area contributed by atoms with Crippen LogP contribution in [0.1, 0.15) is 43.1 Å². The van der Waals surface area contributed by atoms with E-state index in [0.29, 0.717) is 30.7 Å². The molecule has 9 heteroatoms. The quantitative estimate of drug-likeness (QED) is 0.932. The van der Waals surface area contributed by atoms with Crippen molar-refractivity contribution < 1.29 is 17.7 Å². The molecular weight excluding hydrogens is 311 g/mol. The fourth-order valence-corrected chi connectivity index (χ4v) is 2.73. The van der Waals surface area contributed by atoms with Crippen LogP contribution in [-0.4, -0.2) is 26.7 Å². The van der Waals surface area contributed by atoms with Crippen molar-refractivity contribution in [3.63, 3.8) is 0 Å². The summed E-state index contributed by atoms with van der Waals surface area (Å²) >= 11 is 0. The Bertz CT molecular complexity index is 647. The number of nitrogens with two attached hydrogens (primary N) is 1. The molecule has 2 heterocycles. The van der Waals surface area contributed by atoms with E-state index in [0.717, 1.165) is 25.7 Å². The lowest BCUT2D eigenvalue weighted by atomic mass is 9.82. The molecular formula is C14H16F3N5O. The zero-order valence-electron chi connectivity index (χ0n) is 12.3. The van der Waals surface area contributed by atoms with Crippen LogP contribution in [0.25, 0.3) is 11.6 Å². The van der Waals surface area contributed by atoms with E-state index in [-0.39, 0.29) is 17.6 Å². The van der Waals surface area contributed by atoms with Gasteiger partial charge in [0.1, 0.15) is 0 Å². The molecule has 0 aromatic carbocycles. The molecule has 6 nitrogen and oxygen atoms in total. The Morgan fingerprint density at radius 3 is 2.30 bits per heavy atom. The first-order chi connectivity index (χ1) is 11.0. The van der Waals surface area contributed by atoms with E-state index >= 15 is 0 Å². The van der Waals surface area contributed by atoms with Gasteiger partial charge in [0.2, 0.25) is 17.5 Å². The molecule has 2 aromatic heterocycles. The first kappa shape index (κ1) is 15.9. The van der Waals surface area contributed by atoms with Gasteiger partial charge in [-0.15, -0.1) is 0 Å². The Kier molecular flexibility index (Phi) is 4.29. The summed E-state index contributed by atoms with van der Waals surface area (Å²) in [7, 11) is 0. The second-order valence-corrected chi connectivity index (χ2v) is 5.70. The average Bonchev–Trinajstić information content (AvgIpc) is 3.04. The molecule has 2 aromatic rings. The van der Waals surface area contributed by atoms with Crippen molar-refractivity contribution in [2.75, 3.05) is 6.54 Å². The van der Waals surface area contributed by atoms with Crippen LogP contribution >= 0.6 is 0 Å². The molecule has 0 aliphatic heterocycles. The molecule has 124 valence electrons. The summed E-state index contributed by atoms with van der Waals surface area (Å²) in [5.74, 6) is 1.30. The highest BCUT2D eigenvalue weighted by atomic mass is 19.4. The molecule has 1 aliphatic rings. The summed E-state index contributed by atoms with van der Waals surface area (Å²) in [6.07, 6.45) is 0.804. The van der Waals surface area contributed by atoms with Crippen LogP contribution in [0.5, 0.6) is 0 Å². The van der Waals surface area contributed by atoms with Crippen LogP contribution in [0.4, 0.5) is 13.2 Å². The maximum absolute atomic E-state index is 12.5. The Labute approximate surface area is 130 Å². The second kappa shape index (κ2) is 6.23. The highest BCUT2D eigenvalue weighted by Crippen LogP contribution is 2.35. The van der Waals surface area contributed by atoms with Gasteiger partial charge in [0.05, 0.1) is 5.56 Å². The maximum Gasteiger partial charge on any atom is 0.419 e. The maximum atomic E-state index is 12.5. The summed E-state index contributed by atoms with van der Waals surface area (Å²) in [4.78, 5) is 11.6. The lowest BCUT2D eigenvalue weighted by molar-refractivity contribution is -0.138. The number of hydrogen-bond donors (Lipinski definition) is 1. The second-order valence-electron chi connectivity index (χ2n) is 5.70. The molecule has 2 N–H and O–H groups in total. The van der Waals surface area contributed by atoms with Gasteiger partial charge < -0.3 is 10.3 Å². The topological polar surface area (TPSA) is 90.7 Å². The molecule has 0 atom stereocenters. The molecule has 0 unspecified atom stereocenters. The minimum atomic E-state index is -4.47. The average molecular weight is 327 g/mol. The van der Waals surface area contributed by atoms with Crippen LogP contribution in [0.15, 0.2) is 16.9 Å². The third kappa shape index (κ3) is 3.49. The first-order valence-electron chi connectivity index (χ1n) is 7.40. The molecule has 23 heavy (non-hydrogen) atoms. The van der Waals surface area contributed by atoms with Crippen LogP contribution in [-0.2, 0) is 6.18 Å². The zero-order valence-corrected chi connectivity index (χ0v) is 12.3. The van der Waals surface area contributed by atoms with Gasteiger partial charge in [0.15, 0.2) is 0 Å². The van der Waals surface area contributed by atoms with Crippen molar-refractivity contribution in [3.8, 4) is 11.6 Å². The Hall–Kier alpha value is -2.03. The van der Waals surface area contributed by atoms with Gasteiger partial charge >= 0.3 is 6.18 Å². The van der Waals surface area contributed by atoms with Gasteiger partial charge in [-0.2, -0.15) is 18.2 Å². The van der Waals surface area contributed by atoms with Crippen LogP contribution in [0.2, 0.25) is 0 Å². The number of aromatic nitrogens is 4. The number of halogens is 3. The van der Waals surface area contributed by atoms with E-state index in [1.807, 2.05) is 0 Å². The van der Waals surface area contributed by atoms with Gasteiger partial charge in [-0.25, -0.2) is 9.97 Å². The van der Waals surface area contributed by atoms with Crippen molar-refractivity contribution in [3.05, 3.63) is 23.8 Å². The van der Waals surface area contributed by atoms with Gasteiger partial charge in [-0.3, -0.25) is 0 Å². The predicted octanol–water partition coefficient (Wildman–Crippen LogP) is 2.78. The molecule has 3 rings (SSSR count). The lowest BCUT2D eigenvalue weighted by Crippen LogP contribution is -2.20. The van der Waals surface area contributed by atoms with Crippen molar-refractivity contribution in [1.82, 2.24) is 20.1 Å². The highest BCUT2D eigenvalue weighted by Gasteiger charge is 2.32. The number of nitrogens with zero attached hydrogens (tertiary/aromatic N) is 4. The Morgan fingerprint density at radius 2 is 1.74 bits per heavy atom. The minimum absolute atomic E-state index is 0.0173. The predicted molar refractivity (Wildman–Crippen MR) is 74.1 cm³/mol. The Morgan fingerprint density at radius 1 is 1.09 bits per heavy atom. The third-order valence-corrected chi connectivity index (χ3v) is 4.15. The molecule has 1 aliphatic carbocycles. The summed E-state index contributed by atoms with van der Waals surface area (Å²) in [6.45, 7) is 0.682. The summed E-state index contributed by atoms with van der Waals surface area (Å²) in [5.41, 5.74) is 4.75. The van der Waals surface area contributed by atoms with E-state index in [2.05, 4.69) is 20.1 Å². The van der Waals surface area contributed by atoms with Gasteiger partial charge in [-0.1, -0.05) is 5.16 Å². The lowest BCUT2D eigenvalue weighted by Gasteiger charge is -2.24. The third-order valence-electron chi connectivity index (χ3n) is 4.15. The monoisotopic (exact) mass is 327 g/mol. The van der Waals surface area contributed by atoms with E-state index in [1.165, 1.54) is 0 Å². The zero-order chi connectivity index (χ0) is 16.4. The summed E-state index contributed by atoms with van der Waals surface area (Å²) in [6, 6.07) is 0. The van der Waals surface area contributed by atoms with Crippen LogP contribution in [0, 0.1) is 5.92 Å². The van der Waals surface area contributed by atoms with Gasteiger partial charge in [-0.05, 0) is 38.1 Å². The fraction of sp³-hybridized carbons (Fsp3) is 0.571. The number of hydrogen-bond acceptors (Lipinski definition) is 6. The molecule has 0 spiro atoms. The molecule has 0 saturated heterocycles. The SMILES string of the molecule is NCC1CCC(c2nc(-c3ncc(C(F)(F)F)cn3)no2)CC1. The van der Waals surface area contributed by atoms with Crippen molar-refractivity contribution >= 4 is 0 Å². The Balaban J connectivity index is 1.72. The summed E-state index contributed by atoms with van der Waals surface area (Å²) < 4.78 is 42.7. The molecule has 0 bridgehead atoms. The van der Waals surface area contributed by atoms with Crippen LogP contribution in [0.3, 0.4) is 0 Å². The molecule has 1 fully saturated rings. The largest absolute Gasteiger partial charge is 0.419 e. The van der Waals surface area contributed by atoms with Crippen molar-refractivity contribution in [2.45, 2.75) is 37.8 Å². The van der Waals surface area contributed by atoms with Gasteiger partial charge in [0, 0.05) is 18.3 Å². The highest BCUT2D eigenvalue weighted by molar-refractivity contribution is 5.41. The van der Waals surface area contributed by atoms with E-state index in [1.54, 1.807) is 0 Å². The minimum Gasteiger partial charge on any atom is -0.339 e. The molecule has 0 radical (unpaired) electrons. The fourth-order valence-electron chi connectivity index (χ4n) is 2.73. The normalized spacial score (nSPS) is 22.3. The van der Waals surface area contributed by atoms with E-state index < -0.39 is 11.7 Å². The van der Waals surface area contributed by atoms with Crippen LogP contribution < -0.4 is 5.73 Å². The standard InChI is InChI=1S/C14H16F3N5O/c15-14(16,17)10-6-19-11(20-7-10)12-21-13(23-22-12)9-3-1-8(5-18)2-4-9/h6-9H,1-5,18H2. The van der Waals surface area contributed by atoms with Crippen molar-refractivity contribution in [2.24, 2.45) is 11.7 Å². The van der Waals surface area contributed by atoms with E-state index in [4.69, 9.17) is 10.3 Å². The number of alkyl halides is 3. The van der Waals surface area contributed by atoms with Crippen molar-refractivity contribution in [1.29, 1.82) is 0 Å². The first-order valence-corrected chi connectivity index (χ1v) is 7.40. The molecule has 1 saturated carbocycles. The van der Waals surface area contributed by atoms with E-state index in [9.17, 15) is 13.2 Å². The number of rotatable bonds is 3. The molecule has 0 amide bonds. The summed E-state index contributed by atoms with van der Waals surface area (Å²) in [5, 5.41) is 3.78.